The minimum Gasteiger partial charge on any atom is -0.399 e. The Hall–Kier alpha value is -1.000. The van der Waals surface area contributed by atoms with Crippen LogP contribution in [0, 0.1) is 6.92 Å². The van der Waals surface area contributed by atoms with Gasteiger partial charge in [0.25, 0.3) is 0 Å². The molecule has 0 aliphatic heterocycles. The van der Waals surface area contributed by atoms with Crippen LogP contribution >= 0.6 is 27.3 Å². The first-order chi connectivity index (χ1) is 8.15. The van der Waals surface area contributed by atoms with Crippen molar-refractivity contribution in [1.29, 1.82) is 0 Å². The quantitative estimate of drug-likeness (QED) is 0.836. The van der Waals surface area contributed by atoms with Gasteiger partial charge in [0.05, 0.1) is 3.79 Å². The van der Waals surface area contributed by atoms with Crippen LogP contribution in [0.5, 0.6) is 0 Å². The Morgan fingerprint density at radius 3 is 2.82 bits per heavy atom. The highest BCUT2D eigenvalue weighted by atomic mass is 79.9. The number of hydrogen-bond donors (Lipinski definition) is 2. The number of nitrogen functional groups attached to an aromatic ring is 1. The molecule has 0 spiro atoms. The van der Waals surface area contributed by atoms with E-state index in [4.69, 9.17) is 5.73 Å². The zero-order valence-corrected chi connectivity index (χ0v) is 12.1. The van der Waals surface area contributed by atoms with Gasteiger partial charge < -0.3 is 11.1 Å². The Morgan fingerprint density at radius 1 is 1.29 bits per heavy atom. The maximum Gasteiger partial charge on any atom is 0.0701 e. The summed E-state index contributed by atoms with van der Waals surface area (Å²) in [5, 5.41) is 3.42. The van der Waals surface area contributed by atoms with Gasteiger partial charge >= 0.3 is 0 Å². The van der Waals surface area contributed by atoms with E-state index < -0.39 is 0 Å². The molecule has 0 saturated carbocycles. The highest BCUT2D eigenvalue weighted by Gasteiger charge is 2.00. The van der Waals surface area contributed by atoms with Crippen LogP contribution in [0.15, 0.2) is 34.1 Å². The molecule has 0 unspecified atom stereocenters. The number of aryl methyl sites for hydroxylation is 1. The van der Waals surface area contributed by atoms with Crippen LogP contribution < -0.4 is 11.1 Å². The molecule has 0 saturated heterocycles. The van der Waals surface area contributed by atoms with E-state index >= 15 is 0 Å². The third-order valence-corrected chi connectivity index (χ3v) is 4.26. The average Bonchev–Trinajstić information content (AvgIpc) is 2.69. The fourth-order valence-corrected chi connectivity index (χ4v) is 3.12. The van der Waals surface area contributed by atoms with E-state index in [0.29, 0.717) is 0 Å². The molecule has 2 aromatic rings. The first-order valence-electron chi connectivity index (χ1n) is 5.49. The fraction of sp³-hybridized carbons (Fsp3) is 0.231. The van der Waals surface area contributed by atoms with Gasteiger partial charge in [0.2, 0.25) is 0 Å². The number of halogens is 1. The lowest BCUT2D eigenvalue weighted by atomic mass is 10.2. The van der Waals surface area contributed by atoms with Gasteiger partial charge in [-0.05, 0) is 59.1 Å². The molecule has 0 aliphatic carbocycles. The predicted molar refractivity (Wildman–Crippen MR) is 79.8 cm³/mol. The summed E-state index contributed by atoms with van der Waals surface area (Å²) in [6, 6.07) is 10.2. The van der Waals surface area contributed by atoms with Crippen molar-refractivity contribution in [2.45, 2.75) is 13.3 Å². The predicted octanol–water partition coefficient (Wildman–Crippen LogP) is 4.06. The Kier molecular flexibility index (Phi) is 4.07. The van der Waals surface area contributed by atoms with E-state index in [1.165, 1.54) is 14.2 Å². The zero-order chi connectivity index (χ0) is 12.3. The van der Waals surface area contributed by atoms with Crippen LogP contribution in [0.1, 0.15) is 10.4 Å². The van der Waals surface area contributed by atoms with E-state index in [1.807, 2.05) is 18.2 Å². The Labute approximate surface area is 114 Å². The molecule has 1 heterocycles. The van der Waals surface area contributed by atoms with Gasteiger partial charge in [0.15, 0.2) is 0 Å². The Balaban J connectivity index is 1.91. The molecule has 4 heteroatoms. The van der Waals surface area contributed by atoms with Crippen molar-refractivity contribution in [3.8, 4) is 0 Å². The highest BCUT2D eigenvalue weighted by Crippen LogP contribution is 2.23. The molecule has 0 aliphatic rings. The van der Waals surface area contributed by atoms with E-state index in [2.05, 4.69) is 40.3 Å². The van der Waals surface area contributed by atoms with Crippen LogP contribution in [0.2, 0.25) is 0 Å². The average molecular weight is 311 g/mol. The maximum absolute atomic E-state index is 5.77. The number of anilines is 2. The minimum absolute atomic E-state index is 0.803. The molecule has 1 aromatic carbocycles. The fourth-order valence-electron chi connectivity index (χ4n) is 1.64. The zero-order valence-electron chi connectivity index (χ0n) is 9.66. The van der Waals surface area contributed by atoms with Crippen LogP contribution in [-0.2, 0) is 6.42 Å². The standard InChI is InChI=1S/C13H15BrN2S/c1-9-2-3-10(15)8-12(9)16-7-6-11-4-5-13(14)17-11/h2-5,8,16H,6-7,15H2,1H3. The molecule has 0 fully saturated rings. The molecule has 0 bridgehead atoms. The largest absolute Gasteiger partial charge is 0.399 e. The van der Waals surface area contributed by atoms with Crippen molar-refractivity contribution in [1.82, 2.24) is 0 Å². The molecular weight excluding hydrogens is 296 g/mol. The summed E-state index contributed by atoms with van der Waals surface area (Å²) in [6.07, 6.45) is 1.03. The van der Waals surface area contributed by atoms with Gasteiger partial charge in [-0.25, -0.2) is 0 Å². The summed E-state index contributed by atoms with van der Waals surface area (Å²) in [5.74, 6) is 0. The third kappa shape index (κ3) is 3.48. The van der Waals surface area contributed by atoms with Crippen LogP contribution in [0.3, 0.4) is 0 Å². The lowest BCUT2D eigenvalue weighted by molar-refractivity contribution is 1.04. The van der Waals surface area contributed by atoms with Crippen molar-refractivity contribution in [2.24, 2.45) is 0 Å². The summed E-state index contributed by atoms with van der Waals surface area (Å²) in [5.41, 5.74) is 8.93. The lowest BCUT2D eigenvalue weighted by Crippen LogP contribution is -2.05. The topological polar surface area (TPSA) is 38.0 Å². The van der Waals surface area contributed by atoms with Crippen molar-refractivity contribution in [3.63, 3.8) is 0 Å². The van der Waals surface area contributed by atoms with Gasteiger partial charge in [0, 0.05) is 22.8 Å². The summed E-state index contributed by atoms with van der Waals surface area (Å²) in [7, 11) is 0. The molecule has 0 radical (unpaired) electrons. The number of nitrogens with two attached hydrogens (primary N) is 1. The second kappa shape index (κ2) is 5.56. The molecule has 90 valence electrons. The maximum atomic E-state index is 5.77. The van der Waals surface area contributed by atoms with Crippen molar-refractivity contribution >= 4 is 38.6 Å². The molecule has 0 atom stereocenters. The minimum atomic E-state index is 0.803. The number of benzene rings is 1. The SMILES string of the molecule is Cc1ccc(N)cc1NCCc1ccc(Br)s1. The summed E-state index contributed by atoms with van der Waals surface area (Å²) in [4.78, 5) is 1.38. The van der Waals surface area contributed by atoms with Gasteiger partial charge in [0.1, 0.15) is 0 Å². The van der Waals surface area contributed by atoms with Crippen molar-refractivity contribution in [2.75, 3.05) is 17.6 Å². The van der Waals surface area contributed by atoms with Crippen LogP contribution in [-0.4, -0.2) is 6.54 Å². The van der Waals surface area contributed by atoms with Gasteiger partial charge in [-0.3, -0.25) is 0 Å². The smallest absolute Gasteiger partial charge is 0.0701 e. The van der Waals surface area contributed by atoms with E-state index in [1.54, 1.807) is 11.3 Å². The molecule has 0 amide bonds. The van der Waals surface area contributed by atoms with Crippen molar-refractivity contribution in [3.05, 3.63) is 44.6 Å². The monoisotopic (exact) mass is 310 g/mol. The summed E-state index contributed by atoms with van der Waals surface area (Å²) < 4.78 is 1.19. The van der Waals surface area contributed by atoms with Crippen molar-refractivity contribution < 1.29 is 0 Å². The van der Waals surface area contributed by atoms with Gasteiger partial charge in [-0.1, -0.05) is 6.07 Å². The second-order valence-electron chi connectivity index (χ2n) is 3.96. The summed E-state index contributed by atoms with van der Waals surface area (Å²) in [6.45, 7) is 3.01. The molecule has 2 nitrogen and oxygen atoms in total. The number of nitrogens with one attached hydrogen (secondary N) is 1. The number of hydrogen-bond acceptors (Lipinski definition) is 3. The van der Waals surface area contributed by atoms with Crippen LogP contribution in [0.25, 0.3) is 0 Å². The molecule has 1 aromatic heterocycles. The number of thiophene rings is 1. The summed E-state index contributed by atoms with van der Waals surface area (Å²) >= 11 is 5.25. The normalized spacial score (nSPS) is 10.5. The third-order valence-electron chi connectivity index (χ3n) is 2.58. The lowest BCUT2D eigenvalue weighted by Gasteiger charge is -2.09. The number of rotatable bonds is 4. The van der Waals surface area contributed by atoms with E-state index in [9.17, 15) is 0 Å². The molecule has 17 heavy (non-hydrogen) atoms. The van der Waals surface area contributed by atoms with E-state index in [-0.39, 0.29) is 0 Å². The Morgan fingerprint density at radius 2 is 2.12 bits per heavy atom. The highest BCUT2D eigenvalue weighted by molar-refractivity contribution is 9.11. The van der Waals surface area contributed by atoms with Gasteiger partial charge in [-0.15, -0.1) is 11.3 Å². The Bertz CT molecular complexity index is 508. The first-order valence-corrected chi connectivity index (χ1v) is 7.10. The molecule has 3 N–H and O–H groups in total. The second-order valence-corrected chi connectivity index (χ2v) is 6.50. The van der Waals surface area contributed by atoms with Gasteiger partial charge in [-0.2, -0.15) is 0 Å². The molecular formula is C13H15BrN2S. The van der Waals surface area contributed by atoms with E-state index in [0.717, 1.165) is 24.3 Å². The molecule has 2 rings (SSSR count). The first kappa shape index (κ1) is 12.5. The van der Waals surface area contributed by atoms with Crippen LogP contribution in [0.4, 0.5) is 11.4 Å².